The van der Waals surface area contributed by atoms with Gasteiger partial charge in [0, 0.05) is 23.4 Å². The second-order valence-corrected chi connectivity index (χ2v) is 9.46. The van der Waals surface area contributed by atoms with E-state index in [1.165, 1.54) is 24.3 Å². The normalized spacial score (nSPS) is 15.5. The first-order valence-electron chi connectivity index (χ1n) is 11.2. The number of aromatic carboxylic acids is 1. The summed E-state index contributed by atoms with van der Waals surface area (Å²) in [6.45, 7) is 7.80. The van der Waals surface area contributed by atoms with E-state index in [-0.39, 0.29) is 22.7 Å². The van der Waals surface area contributed by atoms with Crippen LogP contribution in [0.4, 0.5) is 5.69 Å². The number of ketones is 1. The van der Waals surface area contributed by atoms with Crippen LogP contribution in [0.3, 0.4) is 0 Å². The van der Waals surface area contributed by atoms with Crippen molar-refractivity contribution < 1.29 is 24.3 Å². The second kappa shape index (κ2) is 9.60. The number of unbranched alkanes of at least 4 members (excludes halogenated alkanes) is 1. The highest BCUT2D eigenvalue weighted by atomic mass is 16.4. The van der Waals surface area contributed by atoms with Gasteiger partial charge in [0.25, 0.3) is 5.91 Å². The molecule has 0 aliphatic heterocycles. The van der Waals surface area contributed by atoms with Crippen molar-refractivity contribution in [2.75, 3.05) is 5.32 Å². The van der Waals surface area contributed by atoms with Crippen LogP contribution < -0.4 is 10.6 Å². The Labute approximate surface area is 193 Å². The molecule has 0 bridgehead atoms. The number of aromatic nitrogens is 1. The minimum absolute atomic E-state index is 0.0270. The number of amides is 2. The molecule has 0 saturated heterocycles. The average Bonchev–Trinajstić information content (AvgIpc) is 3.06. The number of nitrogens with one attached hydrogen (secondary N) is 3. The number of H-pyrrole nitrogens is 1. The maximum absolute atomic E-state index is 13.1. The highest BCUT2D eigenvalue weighted by molar-refractivity contribution is 6.06. The van der Waals surface area contributed by atoms with Crippen LogP contribution in [0.25, 0.3) is 0 Å². The number of carboxylic acids is 1. The molecule has 176 valence electrons. The van der Waals surface area contributed by atoms with Crippen LogP contribution in [-0.2, 0) is 11.2 Å². The monoisotopic (exact) mass is 453 g/mol. The molecule has 1 aliphatic carbocycles. The van der Waals surface area contributed by atoms with E-state index < -0.39 is 17.9 Å². The summed E-state index contributed by atoms with van der Waals surface area (Å²) in [4.78, 5) is 52.8. The molecule has 2 aromatic rings. The van der Waals surface area contributed by atoms with E-state index in [1.807, 2.05) is 20.8 Å². The van der Waals surface area contributed by atoms with Gasteiger partial charge in [0.15, 0.2) is 5.78 Å². The molecular weight excluding hydrogens is 422 g/mol. The molecule has 1 heterocycles. The molecule has 0 spiro atoms. The Morgan fingerprint density at radius 1 is 1.15 bits per heavy atom. The van der Waals surface area contributed by atoms with Gasteiger partial charge in [0.2, 0.25) is 5.91 Å². The Balaban J connectivity index is 1.77. The maximum Gasteiger partial charge on any atom is 0.335 e. The molecule has 33 heavy (non-hydrogen) atoms. The van der Waals surface area contributed by atoms with Crippen molar-refractivity contribution in [2.45, 2.75) is 65.8 Å². The number of carbonyl (C=O) groups is 4. The molecule has 2 amide bonds. The van der Waals surface area contributed by atoms with Gasteiger partial charge >= 0.3 is 5.97 Å². The zero-order valence-electron chi connectivity index (χ0n) is 19.5. The maximum atomic E-state index is 13.1. The third kappa shape index (κ3) is 5.50. The standard InChI is InChI=1S/C25H31N3O5/c1-5-6-7-17(22(30)26-16-10-8-15(9-11-16)24(32)33)28-23(31)21-14(2)20-18(27-21)12-25(3,4)13-19(20)29/h8-11,17,27H,5-7,12-13H2,1-4H3,(H,26,30)(H,28,31)(H,32,33). The lowest BCUT2D eigenvalue weighted by Crippen LogP contribution is -2.44. The highest BCUT2D eigenvalue weighted by Crippen LogP contribution is 2.36. The first-order chi connectivity index (χ1) is 15.5. The Morgan fingerprint density at radius 3 is 2.42 bits per heavy atom. The number of rotatable bonds is 8. The Morgan fingerprint density at radius 2 is 1.82 bits per heavy atom. The lowest BCUT2D eigenvalue weighted by molar-refractivity contribution is -0.118. The number of benzene rings is 1. The number of aromatic amines is 1. The predicted molar refractivity (Wildman–Crippen MR) is 125 cm³/mol. The molecule has 4 N–H and O–H groups in total. The van der Waals surface area contributed by atoms with E-state index in [0.717, 1.165) is 18.5 Å². The van der Waals surface area contributed by atoms with Crippen molar-refractivity contribution in [1.29, 1.82) is 0 Å². The number of fused-ring (bicyclic) bond motifs is 1. The summed E-state index contributed by atoms with van der Waals surface area (Å²) in [5.74, 6) is -1.83. The minimum Gasteiger partial charge on any atom is -0.478 e. The molecular formula is C25H31N3O5. The van der Waals surface area contributed by atoms with Crippen molar-refractivity contribution in [3.8, 4) is 0 Å². The molecule has 1 unspecified atom stereocenters. The summed E-state index contributed by atoms with van der Waals surface area (Å²) in [7, 11) is 0. The predicted octanol–water partition coefficient (Wildman–Crippen LogP) is 4.10. The van der Waals surface area contributed by atoms with Crippen molar-refractivity contribution in [3.05, 3.63) is 52.3 Å². The fourth-order valence-electron chi connectivity index (χ4n) is 4.29. The zero-order valence-corrected chi connectivity index (χ0v) is 19.5. The smallest absolute Gasteiger partial charge is 0.335 e. The van der Waals surface area contributed by atoms with Crippen LogP contribution in [0.1, 0.15) is 88.9 Å². The van der Waals surface area contributed by atoms with E-state index in [9.17, 15) is 19.2 Å². The summed E-state index contributed by atoms with van der Waals surface area (Å²) < 4.78 is 0. The zero-order chi connectivity index (χ0) is 24.3. The summed E-state index contributed by atoms with van der Waals surface area (Å²) in [6, 6.07) is 5.06. The Hall–Kier alpha value is -3.42. The number of hydrogen-bond acceptors (Lipinski definition) is 4. The van der Waals surface area contributed by atoms with Gasteiger partial charge in [-0.2, -0.15) is 0 Å². The summed E-state index contributed by atoms with van der Waals surface area (Å²) >= 11 is 0. The number of hydrogen-bond donors (Lipinski definition) is 4. The number of Topliss-reactive ketones (excluding diaryl/α,β-unsaturated/α-hetero) is 1. The summed E-state index contributed by atoms with van der Waals surface area (Å²) in [5, 5.41) is 14.6. The highest BCUT2D eigenvalue weighted by Gasteiger charge is 2.35. The van der Waals surface area contributed by atoms with Crippen LogP contribution in [0, 0.1) is 12.3 Å². The van der Waals surface area contributed by atoms with Gasteiger partial charge in [-0.3, -0.25) is 14.4 Å². The van der Waals surface area contributed by atoms with Gasteiger partial charge in [-0.1, -0.05) is 33.6 Å². The minimum atomic E-state index is -1.05. The molecule has 0 fully saturated rings. The van der Waals surface area contributed by atoms with Gasteiger partial charge in [-0.25, -0.2) is 4.79 Å². The van der Waals surface area contributed by atoms with E-state index in [2.05, 4.69) is 15.6 Å². The Kier molecular flexibility index (Phi) is 7.05. The molecule has 0 saturated carbocycles. The van der Waals surface area contributed by atoms with E-state index in [0.29, 0.717) is 41.8 Å². The van der Waals surface area contributed by atoms with Crippen molar-refractivity contribution in [3.63, 3.8) is 0 Å². The van der Waals surface area contributed by atoms with Crippen LogP contribution in [0.2, 0.25) is 0 Å². The molecule has 8 nitrogen and oxygen atoms in total. The number of carbonyl (C=O) groups excluding carboxylic acids is 3. The van der Waals surface area contributed by atoms with Gasteiger partial charge in [0.1, 0.15) is 11.7 Å². The van der Waals surface area contributed by atoms with Gasteiger partial charge in [0.05, 0.1) is 5.56 Å². The molecule has 1 atom stereocenters. The largest absolute Gasteiger partial charge is 0.478 e. The van der Waals surface area contributed by atoms with Crippen LogP contribution >= 0.6 is 0 Å². The van der Waals surface area contributed by atoms with Crippen LogP contribution in [0.5, 0.6) is 0 Å². The molecule has 0 radical (unpaired) electrons. The molecule has 3 rings (SSSR count). The lowest BCUT2D eigenvalue weighted by atomic mass is 9.75. The fourth-order valence-corrected chi connectivity index (χ4v) is 4.29. The van der Waals surface area contributed by atoms with Gasteiger partial charge in [-0.05, 0) is 55.0 Å². The molecule has 1 aromatic carbocycles. The number of carboxylic acid groups (broad SMARTS) is 1. The van der Waals surface area contributed by atoms with Crippen LogP contribution in [0.15, 0.2) is 24.3 Å². The van der Waals surface area contributed by atoms with E-state index >= 15 is 0 Å². The topological polar surface area (TPSA) is 128 Å². The van der Waals surface area contributed by atoms with Gasteiger partial charge < -0.3 is 20.7 Å². The third-order valence-corrected chi connectivity index (χ3v) is 6.00. The lowest BCUT2D eigenvalue weighted by Gasteiger charge is -2.28. The van der Waals surface area contributed by atoms with Gasteiger partial charge in [-0.15, -0.1) is 0 Å². The first kappa shape index (κ1) is 24.2. The SMILES string of the molecule is CCCCC(NC(=O)c1[nH]c2c(c1C)C(=O)CC(C)(C)C2)C(=O)Nc1ccc(C(=O)O)cc1. The Bertz CT molecular complexity index is 1080. The third-order valence-electron chi connectivity index (χ3n) is 6.00. The fraction of sp³-hybridized carbons (Fsp3) is 0.440. The molecule has 1 aromatic heterocycles. The van der Waals surface area contributed by atoms with Crippen molar-refractivity contribution in [2.24, 2.45) is 5.41 Å². The van der Waals surface area contributed by atoms with E-state index in [1.54, 1.807) is 6.92 Å². The molecule has 8 heteroatoms. The second-order valence-electron chi connectivity index (χ2n) is 9.46. The average molecular weight is 454 g/mol. The quantitative estimate of drug-likeness (QED) is 0.478. The van der Waals surface area contributed by atoms with E-state index in [4.69, 9.17) is 5.11 Å². The molecule has 1 aliphatic rings. The first-order valence-corrected chi connectivity index (χ1v) is 11.2. The summed E-state index contributed by atoms with van der Waals surface area (Å²) in [6.07, 6.45) is 3.15. The van der Waals surface area contributed by atoms with Crippen LogP contribution in [-0.4, -0.2) is 39.7 Å². The summed E-state index contributed by atoms with van der Waals surface area (Å²) in [5.41, 5.74) is 2.68. The van der Waals surface area contributed by atoms with Crippen molar-refractivity contribution >= 4 is 29.3 Å². The van der Waals surface area contributed by atoms with Crippen molar-refractivity contribution in [1.82, 2.24) is 10.3 Å². The number of anilines is 1.